The van der Waals surface area contributed by atoms with Gasteiger partial charge in [0.1, 0.15) is 18.0 Å². The molecule has 0 saturated carbocycles. The molecule has 260 valence electrons. The Hall–Kier alpha value is -3.46. The van der Waals surface area contributed by atoms with Crippen LogP contribution in [0.4, 0.5) is 10.5 Å². The second-order valence-corrected chi connectivity index (χ2v) is 14.5. The highest BCUT2D eigenvalue weighted by Gasteiger charge is 2.44. The van der Waals surface area contributed by atoms with Gasteiger partial charge in [0.05, 0.1) is 17.1 Å². The van der Waals surface area contributed by atoms with Crippen LogP contribution in [0.2, 0.25) is 0 Å². The summed E-state index contributed by atoms with van der Waals surface area (Å²) in [6, 6.07) is 5.26. The molecular formula is C38H55NO8. The molecule has 9 nitrogen and oxygen atoms in total. The van der Waals surface area contributed by atoms with Gasteiger partial charge in [0, 0.05) is 29.9 Å². The molecule has 9 heteroatoms. The number of ether oxygens (including phenoxy) is 4. The van der Waals surface area contributed by atoms with Gasteiger partial charge >= 0.3 is 12.1 Å². The fourth-order valence-electron chi connectivity index (χ4n) is 6.09. The van der Waals surface area contributed by atoms with Gasteiger partial charge in [-0.3, -0.25) is 14.9 Å². The van der Waals surface area contributed by atoms with Crippen molar-refractivity contribution in [1.82, 2.24) is 0 Å². The number of esters is 1. The van der Waals surface area contributed by atoms with Crippen molar-refractivity contribution in [2.24, 2.45) is 35.0 Å². The molecule has 0 aliphatic carbocycles. The topological polar surface area (TPSA) is 118 Å². The first-order chi connectivity index (χ1) is 22.1. The lowest BCUT2D eigenvalue weighted by molar-refractivity contribution is -0.384. The number of hydrogen-bond donors (Lipinski definition) is 0. The number of benzene rings is 1. The maximum Gasteiger partial charge on any atom is 0.514 e. The van der Waals surface area contributed by atoms with Crippen molar-refractivity contribution in [2.75, 3.05) is 0 Å². The van der Waals surface area contributed by atoms with Crippen LogP contribution in [0.5, 0.6) is 5.75 Å². The Kier molecular flexibility index (Phi) is 13.8. The number of allylic oxidation sites excluding steroid dienone is 3. The minimum atomic E-state index is -0.898. The molecule has 0 spiro atoms. The minimum absolute atomic E-state index is 0.0791. The number of nitro groups is 1. The Balaban J connectivity index is 1.72. The van der Waals surface area contributed by atoms with E-state index in [2.05, 4.69) is 33.8 Å². The predicted molar refractivity (Wildman–Crippen MR) is 183 cm³/mol. The van der Waals surface area contributed by atoms with Gasteiger partial charge in [-0.2, -0.15) is 0 Å². The zero-order valence-corrected chi connectivity index (χ0v) is 29.6. The van der Waals surface area contributed by atoms with E-state index in [-0.39, 0.29) is 29.2 Å². The van der Waals surface area contributed by atoms with Gasteiger partial charge in [-0.1, -0.05) is 86.1 Å². The molecule has 1 aromatic rings. The second kappa shape index (κ2) is 17.1. The molecule has 9 atom stereocenters. The number of non-ortho nitro benzene ring substituents is 1. The smallest absolute Gasteiger partial charge is 0.457 e. The van der Waals surface area contributed by atoms with Gasteiger partial charge in [0.25, 0.3) is 5.69 Å². The standard InChI is InChI=1S/C38H55NO8/c1-10-26(4)29(7)36-32(45-36)22-24(2)12-11-13-27(5)35-28(6)14-19-33(38(8,9)21-20-25(3)23-34(40)47-35)46-37(41)44-31-17-15-30(16-18-31)39(42)43/h11-19,24-26,28-29,32-33,35-36H,10,20-23H2,1-9H3/b12-11+,19-14-,27-13+. The first kappa shape index (κ1) is 38.0. The zero-order chi connectivity index (χ0) is 34.9. The van der Waals surface area contributed by atoms with Gasteiger partial charge < -0.3 is 18.9 Å². The molecule has 47 heavy (non-hydrogen) atoms. The monoisotopic (exact) mass is 653 g/mol. The van der Waals surface area contributed by atoms with Crippen molar-refractivity contribution in [3.8, 4) is 5.75 Å². The van der Waals surface area contributed by atoms with E-state index in [4.69, 9.17) is 18.9 Å². The van der Waals surface area contributed by atoms with Crippen molar-refractivity contribution in [3.63, 3.8) is 0 Å². The molecule has 2 aliphatic heterocycles. The highest BCUT2D eigenvalue weighted by atomic mass is 16.7. The number of rotatable bonds is 11. The minimum Gasteiger partial charge on any atom is -0.457 e. The number of carbonyl (C=O) groups excluding carboxylic acids is 2. The Morgan fingerprint density at radius 2 is 1.83 bits per heavy atom. The predicted octanol–water partition coefficient (Wildman–Crippen LogP) is 9.41. The summed E-state index contributed by atoms with van der Waals surface area (Å²) in [5.41, 5.74) is 0.358. The number of nitrogens with zero attached hydrogens (tertiary/aromatic N) is 1. The molecule has 1 aromatic carbocycles. The molecule has 0 amide bonds. The third kappa shape index (κ3) is 11.6. The van der Waals surface area contributed by atoms with E-state index in [1.807, 2.05) is 58.9 Å². The summed E-state index contributed by atoms with van der Waals surface area (Å²) in [5.74, 6) is 1.37. The number of carbonyl (C=O) groups is 2. The van der Waals surface area contributed by atoms with Crippen LogP contribution in [0.3, 0.4) is 0 Å². The van der Waals surface area contributed by atoms with Crippen molar-refractivity contribution < 1.29 is 33.5 Å². The van der Waals surface area contributed by atoms with Crippen LogP contribution in [-0.4, -0.2) is 41.5 Å². The number of epoxide rings is 1. The molecule has 1 saturated heterocycles. The van der Waals surface area contributed by atoms with E-state index in [1.54, 1.807) is 0 Å². The second-order valence-electron chi connectivity index (χ2n) is 14.5. The van der Waals surface area contributed by atoms with E-state index in [9.17, 15) is 19.7 Å². The summed E-state index contributed by atoms with van der Waals surface area (Å²) in [6.45, 7) is 19.0. The van der Waals surface area contributed by atoms with Crippen LogP contribution in [-0.2, 0) is 19.0 Å². The van der Waals surface area contributed by atoms with Crippen LogP contribution >= 0.6 is 0 Å². The van der Waals surface area contributed by atoms with Gasteiger partial charge in [-0.15, -0.1) is 0 Å². The summed E-state index contributed by atoms with van der Waals surface area (Å²) >= 11 is 0. The van der Waals surface area contributed by atoms with Crippen molar-refractivity contribution in [3.05, 3.63) is 70.3 Å². The van der Waals surface area contributed by atoms with Crippen LogP contribution in [0.1, 0.15) is 94.4 Å². The fraction of sp³-hybridized carbons (Fsp3) is 0.632. The average molecular weight is 654 g/mol. The molecule has 0 bridgehead atoms. The van der Waals surface area contributed by atoms with Gasteiger partial charge in [-0.25, -0.2) is 4.79 Å². The normalized spacial score (nSPS) is 29.4. The number of hydrogen-bond acceptors (Lipinski definition) is 8. The third-order valence-corrected chi connectivity index (χ3v) is 9.90. The van der Waals surface area contributed by atoms with E-state index in [0.29, 0.717) is 42.8 Å². The number of cyclic esters (lactones) is 1. The van der Waals surface area contributed by atoms with Gasteiger partial charge in [0.2, 0.25) is 0 Å². The summed E-state index contributed by atoms with van der Waals surface area (Å²) in [6.07, 6.45) is 12.6. The summed E-state index contributed by atoms with van der Waals surface area (Å²) in [5, 5.41) is 11.0. The Bertz CT molecular complexity index is 1300. The van der Waals surface area contributed by atoms with E-state index >= 15 is 0 Å². The van der Waals surface area contributed by atoms with Gasteiger partial charge in [0.15, 0.2) is 0 Å². The first-order valence-electron chi connectivity index (χ1n) is 17.1. The molecule has 2 heterocycles. The highest BCUT2D eigenvalue weighted by molar-refractivity contribution is 5.70. The highest BCUT2D eigenvalue weighted by Crippen LogP contribution is 2.38. The lowest BCUT2D eigenvalue weighted by Crippen LogP contribution is -2.35. The molecule has 9 unspecified atom stereocenters. The molecule has 0 N–H and O–H groups in total. The van der Waals surface area contributed by atoms with Gasteiger partial charge in [-0.05, 0) is 73.6 Å². The largest absolute Gasteiger partial charge is 0.514 e. The van der Waals surface area contributed by atoms with Crippen LogP contribution in [0, 0.1) is 45.1 Å². The van der Waals surface area contributed by atoms with E-state index in [0.717, 1.165) is 24.8 Å². The fourth-order valence-corrected chi connectivity index (χ4v) is 6.09. The Morgan fingerprint density at radius 1 is 1.15 bits per heavy atom. The van der Waals surface area contributed by atoms with Crippen LogP contribution in [0.25, 0.3) is 0 Å². The summed E-state index contributed by atoms with van der Waals surface area (Å²) in [4.78, 5) is 36.3. The molecular weight excluding hydrogens is 598 g/mol. The summed E-state index contributed by atoms with van der Waals surface area (Å²) in [7, 11) is 0. The molecule has 3 rings (SSSR count). The Labute approximate surface area is 280 Å². The maximum absolute atomic E-state index is 13.0. The van der Waals surface area contributed by atoms with Crippen molar-refractivity contribution >= 4 is 17.8 Å². The van der Waals surface area contributed by atoms with E-state index < -0.39 is 28.7 Å². The molecule has 1 fully saturated rings. The van der Waals surface area contributed by atoms with E-state index in [1.165, 1.54) is 24.3 Å². The quantitative estimate of drug-likeness (QED) is 0.0441. The van der Waals surface area contributed by atoms with Crippen LogP contribution < -0.4 is 4.74 Å². The van der Waals surface area contributed by atoms with Crippen molar-refractivity contribution in [1.29, 1.82) is 0 Å². The lowest BCUT2D eigenvalue weighted by atomic mass is 9.78. The van der Waals surface area contributed by atoms with Crippen molar-refractivity contribution in [2.45, 2.75) is 119 Å². The first-order valence-corrected chi connectivity index (χ1v) is 17.1. The average Bonchev–Trinajstić information content (AvgIpc) is 3.78. The molecule has 2 aliphatic rings. The number of nitro benzene ring substituents is 1. The molecule has 0 radical (unpaired) electrons. The summed E-state index contributed by atoms with van der Waals surface area (Å²) < 4.78 is 23.3. The lowest BCUT2D eigenvalue weighted by Gasteiger charge is -2.33. The van der Waals surface area contributed by atoms with Crippen LogP contribution in [0.15, 0.2) is 60.2 Å². The zero-order valence-electron chi connectivity index (χ0n) is 29.6. The Morgan fingerprint density at radius 3 is 2.47 bits per heavy atom. The third-order valence-electron chi connectivity index (χ3n) is 9.90. The molecule has 0 aromatic heterocycles. The maximum atomic E-state index is 13.0. The SMILES string of the molecule is CCC(C)C(C)C1OC1CC(C)/C=C/C=C(\C)C1OC(=O)CC(C)CCC(C)(C)C(OC(=O)Oc2ccc([N+](=O)[O-])cc2)/C=C\C1C.